The average Bonchev–Trinajstić information content (AvgIpc) is 2.80. The van der Waals surface area contributed by atoms with E-state index in [1.807, 2.05) is 19.1 Å². The summed E-state index contributed by atoms with van der Waals surface area (Å²) in [7, 11) is -4.30. The van der Waals surface area contributed by atoms with Gasteiger partial charge in [0.05, 0.1) is 11.1 Å². The highest BCUT2D eigenvalue weighted by atomic mass is 32.2. The van der Waals surface area contributed by atoms with E-state index in [0.717, 1.165) is 6.42 Å². The van der Waals surface area contributed by atoms with Gasteiger partial charge in [0.25, 0.3) is 10.0 Å². The van der Waals surface area contributed by atoms with Gasteiger partial charge in [-0.25, -0.2) is 4.79 Å². The van der Waals surface area contributed by atoms with Crippen LogP contribution in [-0.2, 0) is 25.0 Å². The summed E-state index contributed by atoms with van der Waals surface area (Å²) in [6.07, 6.45) is 0.495. The zero-order valence-corrected chi connectivity index (χ0v) is 24.1. The van der Waals surface area contributed by atoms with Crippen LogP contribution < -0.4 is 10.6 Å². The average molecular weight is 554 g/mol. The normalized spacial score (nSPS) is 20.4. The molecule has 2 aromatic rings. The van der Waals surface area contributed by atoms with Crippen LogP contribution in [-0.4, -0.2) is 36.8 Å². The minimum atomic E-state index is -4.30. The van der Waals surface area contributed by atoms with Crippen LogP contribution in [0.4, 0.5) is 16.2 Å². The number of ether oxygens (including phenoxy) is 1. The molecular formula is C29H35N3O6S. The fourth-order valence-electron chi connectivity index (χ4n) is 4.67. The van der Waals surface area contributed by atoms with E-state index in [-0.39, 0.29) is 38.9 Å². The molecule has 1 amide bonds. The fraction of sp³-hybridized carbons (Fsp3) is 0.414. The number of ketones is 1. The number of nitrogens with one attached hydrogen (secondary N) is 2. The number of carbonyl (C=O) groups excluding carboxylic acids is 2. The molecule has 0 aromatic heterocycles. The number of benzene rings is 2. The number of amides is 1. The third kappa shape index (κ3) is 5.71. The quantitative estimate of drug-likeness (QED) is 0.411. The molecule has 1 heterocycles. The number of Topliss-reactive ketones (excluding diaryl/α,β-unsaturated/α-hetero) is 1. The number of carbonyl (C=O) groups is 2. The maximum absolute atomic E-state index is 14.1. The molecule has 1 atom stereocenters. The monoisotopic (exact) mass is 553 g/mol. The number of sulfonamides is 1. The summed E-state index contributed by atoms with van der Waals surface area (Å²) in [5.74, 6) is -0.970. The summed E-state index contributed by atoms with van der Waals surface area (Å²) in [4.78, 5) is 26.0. The predicted molar refractivity (Wildman–Crippen MR) is 152 cm³/mol. The molecule has 0 fully saturated rings. The van der Waals surface area contributed by atoms with Gasteiger partial charge in [-0.2, -0.15) is 8.42 Å². The summed E-state index contributed by atoms with van der Waals surface area (Å²) in [6, 6.07) is 11.4. The lowest BCUT2D eigenvalue weighted by atomic mass is 9.65. The van der Waals surface area contributed by atoms with Crippen molar-refractivity contribution in [3.05, 3.63) is 59.2 Å². The van der Waals surface area contributed by atoms with E-state index >= 15 is 0 Å². The van der Waals surface area contributed by atoms with Crippen LogP contribution in [0.1, 0.15) is 72.4 Å². The molecule has 2 aliphatic rings. The summed E-state index contributed by atoms with van der Waals surface area (Å²) >= 11 is 0. The molecule has 0 bridgehead atoms. The van der Waals surface area contributed by atoms with Crippen molar-refractivity contribution in [2.45, 2.75) is 77.2 Å². The highest BCUT2D eigenvalue weighted by Crippen LogP contribution is 2.45. The molecule has 1 aliphatic heterocycles. The van der Waals surface area contributed by atoms with Crippen molar-refractivity contribution in [1.29, 1.82) is 0 Å². The number of aliphatic hydroxyl groups excluding tert-OH is 1. The van der Waals surface area contributed by atoms with Crippen LogP contribution in [0, 0.1) is 5.41 Å². The number of amidine groups is 1. The highest BCUT2D eigenvalue weighted by Gasteiger charge is 2.46. The molecule has 0 saturated carbocycles. The van der Waals surface area contributed by atoms with Gasteiger partial charge in [0, 0.05) is 11.3 Å². The van der Waals surface area contributed by atoms with Crippen LogP contribution >= 0.6 is 0 Å². The lowest BCUT2D eigenvalue weighted by Gasteiger charge is -2.37. The molecular weight excluding hydrogens is 518 g/mol. The van der Waals surface area contributed by atoms with Gasteiger partial charge in [0.1, 0.15) is 21.8 Å². The molecule has 0 radical (unpaired) electrons. The zero-order chi connectivity index (χ0) is 29.0. The van der Waals surface area contributed by atoms with Crippen LogP contribution in [0.25, 0.3) is 5.76 Å². The van der Waals surface area contributed by atoms with Gasteiger partial charge in [-0.3, -0.25) is 10.1 Å². The van der Waals surface area contributed by atoms with Crippen molar-refractivity contribution in [2.24, 2.45) is 9.81 Å². The number of rotatable bonds is 4. The van der Waals surface area contributed by atoms with Gasteiger partial charge in [-0.1, -0.05) is 45.0 Å². The molecule has 10 heteroatoms. The van der Waals surface area contributed by atoms with E-state index < -0.39 is 32.9 Å². The second-order valence-electron chi connectivity index (χ2n) is 12.4. The van der Waals surface area contributed by atoms with Crippen molar-refractivity contribution in [3.8, 4) is 0 Å². The number of fused-ring (bicyclic) bond motifs is 2. The molecule has 1 aliphatic carbocycles. The lowest BCUT2D eigenvalue weighted by Crippen LogP contribution is -2.42. The van der Waals surface area contributed by atoms with Crippen molar-refractivity contribution in [3.63, 3.8) is 0 Å². The first-order valence-corrected chi connectivity index (χ1v) is 14.2. The van der Waals surface area contributed by atoms with Crippen LogP contribution in [0.2, 0.25) is 0 Å². The Morgan fingerprint density at radius 2 is 1.77 bits per heavy atom. The molecule has 0 saturated heterocycles. The lowest BCUT2D eigenvalue weighted by molar-refractivity contribution is -0.120. The van der Waals surface area contributed by atoms with E-state index in [4.69, 9.17) is 4.74 Å². The largest absolute Gasteiger partial charge is 0.506 e. The number of aliphatic hydroxyl groups is 1. The SMILES string of the molecule is CC(C)(C)CC[C@]1(C)C(=O)C(C2=NS(=O)(=O)c3cc(NC(=O)OC(C)(C)C)ccc3N2)=C(O)c2ccccc21. The van der Waals surface area contributed by atoms with Crippen molar-refractivity contribution >= 4 is 44.9 Å². The summed E-state index contributed by atoms with van der Waals surface area (Å²) in [6.45, 7) is 13.2. The van der Waals surface area contributed by atoms with E-state index in [1.165, 1.54) is 18.2 Å². The number of anilines is 2. The van der Waals surface area contributed by atoms with Gasteiger partial charge in [0.2, 0.25) is 0 Å². The van der Waals surface area contributed by atoms with Gasteiger partial charge in [-0.05, 0) is 69.7 Å². The van der Waals surface area contributed by atoms with Gasteiger partial charge < -0.3 is 15.2 Å². The molecule has 39 heavy (non-hydrogen) atoms. The van der Waals surface area contributed by atoms with Crippen molar-refractivity contribution in [2.75, 3.05) is 10.6 Å². The number of nitrogens with zero attached hydrogens (tertiary/aromatic N) is 1. The second kappa shape index (κ2) is 9.51. The summed E-state index contributed by atoms with van der Waals surface area (Å²) in [5, 5.41) is 16.7. The number of hydrogen-bond donors (Lipinski definition) is 3. The second-order valence-corrected chi connectivity index (χ2v) is 13.9. The summed E-state index contributed by atoms with van der Waals surface area (Å²) < 4.78 is 35.7. The predicted octanol–water partition coefficient (Wildman–Crippen LogP) is 6.18. The Morgan fingerprint density at radius 1 is 1.10 bits per heavy atom. The Kier molecular flexibility index (Phi) is 6.92. The fourth-order valence-corrected chi connectivity index (χ4v) is 5.82. The highest BCUT2D eigenvalue weighted by molar-refractivity contribution is 7.90. The van der Waals surface area contributed by atoms with E-state index in [9.17, 15) is 23.1 Å². The first-order chi connectivity index (χ1) is 17.9. The third-order valence-electron chi connectivity index (χ3n) is 6.72. The molecule has 3 N–H and O–H groups in total. The van der Waals surface area contributed by atoms with Crippen molar-refractivity contribution < 1.29 is 27.9 Å². The van der Waals surface area contributed by atoms with E-state index in [2.05, 4.69) is 35.8 Å². The Morgan fingerprint density at radius 3 is 2.41 bits per heavy atom. The Bertz CT molecular complexity index is 1530. The Hall–Kier alpha value is -3.66. The Labute approximate surface area is 229 Å². The first-order valence-electron chi connectivity index (χ1n) is 12.8. The minimum absolute atomic E-state index is 0.0461. The van der Waals surface area contributed by atoms with Crippen LogP contribution in [0.3, 0.4) is 0 Å². The minimum Gasteiger partial charge on any atom is -0.506 e. The van der Waals surface area contributed by atoms with E-state index in [0.29, 0.717) is 17.5 Å². The van der Waals surface area contributed by atoms with Crippen LogP contribution in [0.15, 0.2) is 57.3 Å². The molecule has 0 spiro atoms. The molecule has 0 unspecified atom stereocenters. The topological polar surface area (TPSA) is 134 Å². The van der Waals surface area contributed by atoms with E-state index in [1.54, 1.807) is 32.9 Å². The number of hydrogen-bond acceptors (Lipinski definition) is 7. The molecule has 9 nitrogen and oxygen atoms in total. The maximum Gasteiger partial charge on any atom is 0.412 e. The zero-order valence-electron chi connectivity index (χ0n) is 23.3. The molecule has 4 rings (SSSR count). The van der Waals surface area contributed by atoms with Crippen LogP contribution in [0.5, 0.6) is 0 Å². The Balaban J connectivity index is 1.75. The van der Waals surface area contributed by atoms with Gasteiger partial charge in [-0.15, -0.1) is 4.40 Å². The first kappa shape index (κ1) is 28.4. The third-order valence-corrected chi connectivity index (χ3v) is 8.04. The maximum atomic E-state index is 14.1. The van der Waals surface area contributed by atoms with Gasteiger partial charge in [0.15, 0.2) is 11.6 Å². The van der Waals surface area contributed by atoms with Crippen molar-refractivity contribution in [1.82, 2.24) is 0 Å². The molecule has 208 valence electrons. The smallest absolute Gasteiger partial charge is 0.412 e. The molecule has 2 aromatic carbocycles. The summed E-state index contributed by atoms with van der Waals surface area (Å²) in [5.41, 5.74) is -0.421. The van der Waals surface area contributed by atoms with Gasteiger partial charge >= 0.3 is 6.09 Å². The standard InChI is InChI=1S/C29H35N3O6S/c1-27(2,3)14-15-29(7)19-11-9-8-10-18(19)23(33)22(24(29)34)25-31-20-13-12-17(16-21(20)39(36,37)32-25)30-26(35)38-28(4,5)6/h8-13,16,33H,14-15H2,1-7H3,(H,30,35)(H,31,32)/t29-/m0/s1.